The van der Waals surface area contributed by atoms with Gasteiger partial charge >= 0.3 is 0 Å². The first-order valence-electron chi connectivity index (χ1n) is 8.90. The quantitative estimate of drug-likeness (QED) is 0.274. The van der Waals surface area contributed by atoms with Gasteiger partial charge in [0.2, 0.25) is 0 Å². The first-order valence-corrected chi connectivity index (χ1v) is 9.70. The van der Waals surface area contributed by atoms with Crippen LogP contribution in [-0.2, 0) is 0 Å². The van der Waals surface area contributed by atoms with Crippen LogP contribution in [0.2, 0.25) is 0 Å². The third-order valence-corrected chi connectivity index (χ3v) is 5.79. The van der Waals surface area contributed by atoms with Gasteiger partial charge in [-0.05, 0) is 42.5 Å². The third kappa shape index (κ3) is 2.06. The van der Waals surface area contributed by atoms with Gasteiger partial charge in [-0.2, -0.15) is 0 Å². The normalized spacial score (nSPS) is 11.9. The van der Waals surface area contributed by atoms with Crippen LogP contribution in [0.4, 0.5) is 0 Å². The largest absolute Gasteiger partial charge is 0.454 e. The lowest BCUT2D eigenvalue weighted by Gasteiger charge is -2.08. The highest BCUT2D eigenvalue weighted by Crippen LogP contribution is 2.40. The van der Waals surface area contributed by atoms with Gasteiger partial charge in [0, 0.05) is 31.7 Å². The molecule has 3 heteroatoms. The number of rotatable bonds is 1. The summed E-state index contributed by atoms with van der Waals surface area (Å²) in [4.78, 5) is 0. The van der Waals surface area contributed by atoms with Crippen molar-refractivity contribution in [2.75, 3.05) is 0 Å². The van der Waals surface area contributed by atoms with Crippen LogP contribution in [0, 0.1) is 0 Å². The topological polar surface area (TPSA) is 18.1 Å². The molecule has 0 aliphatic rings. The zero-order valence-corrected chi connectivity index (χ0v) is 15.9. The van der Waals surface area contributed by atoms with E-state index in [9.17, 15) is 0 Å². The molecule has 2 nitrogen and oxygen atoms in total. The number of nitrogens with zero attached hydrogens (tertiary/aromatic N) is 1. The average molecular weight is 412 g/mol. The molecular formula is C24H14BrNO. The first kappa shape index (κ1) is 15.1. The summed E-state index contributed by atoms with van der Waals surface area (Å²) in [6.45, 7) is 0. The molecule has 0 spiro atoms. The summed E-state index contributed by atoms with van der Waals surface area (Å²) in [6.07, 6.45) is 0. The van der Waals surface area contributed by atoms with Crippen LogP contribution in [0.25, 0.3) is 49.4 Å². The second-order valence-electron chi connectivity index (χ2n) is 6.77. The Morgan fingerprint density at radius 3 is 2.19 bits per heavy atom. The van der Waals surface area contributed by atoms with Gasteiger partial charge in [0.25, 0.3) is 0 Å². The fourth-order valence-corrected chi connectivity index (χ4v) is 4.35. The zero-order valence-electron chi connectivity index (χ0n) is 14.3. The van der Waals surface area contributed by atoms with Crippen LogP contribution in [0.3, 0.4) is 0 Å². The van der Waals surface area contributed by atoms with E-state index in [2.05, 4.69) is 93.3 Å². The number of aromatic nitrogens is 1. The summed E-state index contributed by atoms with van der Waals surface area (Å²) in [6, 6.07) is 29.6. The van der Waals surface area contributed by atoms with E-state index in [1.54, 1.807) is 0 Å². The van der Waals surface area contributed by atoms with E-state index < -0.39 is 0 Å². The molecule has 0 fully saturated rings. The molecule has 2 heterocycles. The molecule has 0 N–H and O–H groups in total. The van der Waals surface area contributed by atoms with E-state index in [1.165, 1.54) is 16.3 Å². The molecule has 27 heavy (non-hydrogen) atoms. The SMILES string of the molecule is Brc1ccc(-n2c3ccccc3c3ccc4c5ccccc5oc4c32)cc1. The van der Waals surface area contributed by atoms with Gasteiger partial charge in [-0.1, -0.05) is 58.4 Å². The Morgan fingerprint density at radius 1 is 0.630 bits per heavy atom. The van der Waals surface area contributed by atoms with Gasteiger partial charge in [0.05, 0.1) is 11.0 Å². The van der Waals surface area contributed by atoms with E-state index in [0.29, 0.717) is 0 Å². The van der Waals surface area contributed by atoms with Crippen molar-refractivity contribution < 1.29 is 4.42 Å². The predicted molar refractivity (Wildman–Crippen MR) is 116 cm³/mol. The Kier molecular flexibility index (Phi) is 3.06. The maximum Gasteiger partial charge on any atom is 0.160 e. The summed E-state index contributed by atoms with van der Waals surface area (Å²) in [5, 5.41) is 4.75. The molecule has 0 bridgehead atoms. The highest BCUT2D eigenvalue weighted by atomic mass is 79.9. The third-order valence-electron chi connectivity index (χ3n) is 5.26. The average Bonchev–Trinajstić information content (AvgIpc) is 3.24. The van der Waals surface area contributed by atoms with Crippen molar-refractivity contribution in [3.05, 3.63) is 89.4 Å². The van der Waals surface area contributed by atoms with Crippen LogP contribution < -0.4 is 0 Å². The number of para-hydroxylation sites is 2. The molecule has 6 aromatic rings. The molecular weight excluding hydrogens is 398 g/mol. The highest BCUT2D eigenvalue weighted by molar-refractivity contribution is 9.10. The summed E-state index contributed by atoms with van der Waals surface area (Å²) < 4.78 is 9.73. The molecule has 6 rings (SSSR count). The predicted octanol–water partition coefficient (Wildman–Crippen LogP) is 7.45. The Hall–Kier alpha value is -3.04. The van der Waals surface area contributed by atoms with Gasteiger partial charge in [-0.25, -0.2) is 0 Å². The minimum Gasteiger partial charge on any atom is -0.454 e. The van der Waals surface area contributed by atoms with E-state index >= 15 is 0 Å². The summed E-state index contributed by atoms with van der Waals surface area (Å²) in [5.41, 5.74) is 5.28. The number of halogens is 1. The molecule has 4 aromatic carbocycles. The molecule has 0 aliphatic heterocycles. The molecule has 0 amide bonds. The van der Waals surface area contributed by atoms with Crippen molar-refractivity contribution in [2.24, 2.45) is 0 Å². The van der Waals surface area contributed by atoms with Crippen molar-refractivity contribution in [1.82, 2.24) is 4.57 Å². The second-order valence-corrected chi connectivity index (χ2v) is 7.68. The molecule has 0 atom stereocenters. The lowest BCUT2D eigenvalue weighted by molar-refractivity contribution is 0.671. The lowest BCUT2D eigenvalue weighted by Crippen LogP contribution is -1.93. The van der Waals surface area contributed by atoms with Gasteiger partial charge in [-0.3, -0.25) is 0 Å². The Bertz CT molecular complexity index is 1470. The van der Waals surface area contributed by atoms with Gasteiger partial charge < -0.3 is 8.98 Å². The van der Waals surface area contributed by atoms with E-state index in [0.717, 1.165) is 37.6 Å². The van der Waals surface area contributed by atoms with Crippen LogP contribution in [0.15, 0.2) is 93.8 Å². The molecule has 0 aliphatic carbocycles. The number of furan rings is 1. The number of benzene rings is 4. The van der Waals surface area contributed by atoms with Crippen molar-refractivity contribution in [2.45, 2.75) is 0 Å². The molecule has 0 saturated carbocycles. The van der Waals surface area contributed by atoms with E-state index in [4.69, 9.17) is 4.42 Å². The van der Waals surface area contributed by atoms with Gasteiger partial charge in [-0.15, -0.1) is 0 Å². The van der Waals surface area contributed by atoms with Crippen molar-refractivity contribution in [3.8, 4) is 5.69 Å². The fraction of sp³-hybridized carbons (Fsp3) is 0. The smallest absolute Gasteiger partial charge is 0.160 e. The minimum atomic E-state index is 0.924. The van der Waals surface area contributed by atoms with Crippen LogP contribution in [-0.4, -0.2) is 4.57 Å². The monoisotopic (exact) mass is 411 g/mol. The maximum atomic E-state index is 6.35. The van der Waals surface area contributed by atoms with Crippen molar-refractivity contribution in [1.29, 1.82) is 0 Å². The number of hydrogen-bond donors (Lipinski definition) is 0. The summed E-state index contributed by atoms with van der Waals surface area (Å²) in [5.74, 6) is 0. The Labute approximate surface area is 163 Å². The van der Waals surface area contributed by atoms with E-state index in [1.807, 2.05) is 12.1 Å². The van der Waals surface area contributed by atoms with E-state index in [-0.39, 0.29) is 0 Å². The van der Waals surface area contributed by atoms with Gasteiger partial charge in [0.1, 0.15) is 5.58 Å². The second kappa shape index (κ2) is 5.48. The van der Waals surface area contributed by atoms with Gasteiger partial charge in [0.15, 0.2) is 5.58 Å². The molecule has 0 radical (unpaired) electrons. The molecule has 128 valence electrons. The minimum absolute atomic E-state index is 0.924. The summed E-state index contributed by atoms with van der Waals surface area (Å²) >= 11 is 3.54. The van der Waals surface area contributed by atoms with Crippen LogP contribution in [0.1, 0.15) is 0 Å². The fourth-order valence-electron chi connectivity index (χ4n) is 4.09. The van der Waals surface area contributed by atoms with Crippen molar-refractivity contribution in [3.63, 3.8) is 0 Å². The standard InChI is InChI=1S/C24H14BrNO/c25-15-9-11-16(12-10-15)26-21-7-3-1-5-17(21)19-13-14-20-18-6-2-4-8-22(18)27-24(20)23(19)26/h1-14H. The lowest BCUT2D eigenvalue weighted by atomic mass is 10.1. The van der Waals surface area contributed by atoms with Crippen LogP contribution in [0.5, 0.6) is 0 Å². The number of hydrogen-bond acceptors (Lipinski definition) is 1. The Morgan fingerprint density at radius 2 is 1.33 bits per heavy atom. The zero-order chi connectivity index (χ0) is 18.0. The number of fused-ring (bicyclic) bond motifs is 7. The maximum absolute atomic E-state index is 6.35. The molecule has 2 aromatic heterocycles. The summed E-state index contributed by atoms with van der Waals surface area (Å²) in [7, 11) is 0. The first-order chi connectivity index (χ1) is 13.3. The van der Waals surface area contributed by atoms with Crippen molar-refractivity contribution >= 4 is 59.7 Å². The Balaban J connectivity index is 1.88. The van der Waals surface area contributed by atoms with Crippen LogP contribution >= 0.6 is 15.9 Å². The highest BCUT2D eigenvalue weighted by Gasteiger charge is 2.18. The molecule has 0 saturated heterocycles. The molecule has 0 unspecified atom stereocenters.